The number of unbranched alkanes of at least 4 members (excludes halogenated alkanes) is 11. The molecular weight excluding hydrogens is 597 g/mol. The maximum absolute atomic E-state index is 14.4. The van der Waals surface area contributed by atoms with E-state index in [0.717, 1.165) is 50.1 Å². The van der Waals surface area contributed by atoms with Crippen molar-refractivity contribution in [2.24, 2.45) is 0 Å². The van der Waals surface area contributed by atoms with Crippen molar-refractivity contribution in [3.63, 3.8) is 0 Å². The van der Waals surface area contributed by atoms with Gasteiger partial charge in [0.15, 0.2) is 0 Å². The SMILES string of the molecule is CCCCCCCCCCCCOc1ccc(N2CC(COCCCC)OP(=O)(c3ccccc3)OC(COCCCC)C2)cc1. The molecule has 1 fully saturated rings. The second-order valence-electron chi connectivity index (χ2n) is 12.6. The number of ether oxygens (including phenoxy) is 3. The first kappa shape index (κ1) is 38.6. The lowest BCUT2D eigenvalue weighted by Crippen LogP contribution is -2.45. The van der Waals surface area contributed by atoms with E-state index in [9.17, 15) is 4.57 Å². The quantitative estimate of drug-likeness (QED) is 0.0821. The molecule has 1 aliphatic rings. The van der Waals surface area contributed by atoms with Crippen LogP contribution in [0, 0.1) is 0 Å². The molecule has 0 bridgehead atoms. The van der Waals surface area contributed by atoms with E-state index >= 15 is 0 Å². The van der Waals surface area contributed by atoms with Crippen LogP contribution >= 0.6 is 7.60 Å². The largest absolute Gasteiger partial charge is 0.494 e. The molecule has 0 saturated carbocycles. The Labute approximate surface area is 280 Å². The highest BCUT2D eigenvalue weighted by Crippen LogP contribution is 2.50. The summed E-state index contributed by atoms with van der Waals surface area (Å²) in [7, 11) is -3.62. The summed E-state index contributed by atoms with van der Waals surface area (Å²) in [5, 5.41) is 0.560. The minimum absolute atomic E-state index is 0.342. The van der Waals surface area contributed by atoms with Gasteiger partial charge in [-0.25, -0.2) is 0 Å². The van der Waals surface area contributed by atoms with Crippen LogP contribution < -0.4 is 14.9 Å². The zero-order valence-electron chi connectivity index (χ0n) is 29.0. The minimum atomic E-state index is -3.62. The van der Waals surface area contributed by atoms with E-state index in [1.807, 2.05) is 42.5 Å². The van der Waals surface area contributed by atoms with Crippen LogP contribution in [0.3, 0.4) is 0 Å². The Morgan fingerprint density at radius 1 is 0.630 bits per heavy atom. The second kappa shape index (κ2) is 23.4. The van der Waals surface area contributed by atoms with Crippen molar-refractivity contribution in [3.8, 4) is 5.75 Å². The topological polar surface area (TPSA) is 66.5 Å². The monoisotopic (exact) mass is 659 g/mol. The van der Waals surface area contributed by atoms with Gasteiger partial charge in [0.25, 0.3) is 0 Å². The predicted molar refractivity (Wildman–Crippen MR) is 191 cm³/mol. The standard InChI is InChI=1S/C38H62NO6P/c1-4-7-10-11-12-13-14-15-16-20-29-43-35-25-23-34(24-26-35)39-30-36(32-41-27-8-5-2)44-46(40,38-21-18-17-19-22-38)45-37(31-39)33-42-28-9-6-3/h17-19,21-26,36-37H,4-16,20,27-33H2,1-3H3. The Bertz CT molecular complexity index is 1040. The zero-order valence-corrected chi connectivity index (χ0v) is 29.9. The van der Waals surface area contributed by atoms with Gasteiger partial charge in [0.1, 0.15) is 18.0 Å². The third kappa shape index (κ3) is 14.9. The number of hydrogen-bond acceptors (Lipinski definition) is 7. The first-order valence-corrected chi connectivity index (χ1v) is 19.8. The van der Waals surface area contributed by atoms with Crippen molar-refractivity contribution < 1.29 is 27.8 Å². The lowest BCUT2D eigenvalue weighted by molar-refractivity contribution is 0.00854. The van der Waals surface area contributed by atoms with Crippen molar-refractivity contribution in [1.29, 1.82) is 0 Å². The molecule has 0 spiro atoms. The molecule has 0 radical (unpaired) electrons. The Hall–Kier alpha value is -1.89. The third-order valence-corrected chi connectivity index (χ3v) is 10.4. The van der Waals surface area contributed by atoms with Gasteiger partial charge in [0, 0.05) is 32.0 Å². The first-order valence-electron chi connectivity index (χ1n) is 18.2. The maximum Gasteiger partial charge on any atom is 0.362 e. The molecule has 0 N–H and O–H groups in total. The number of hydrogen-bond donors (Lipinski definition) is 0. The van der Waals surface area contributed by atoms with E-state index in [1.54, 1.807) is 0 Å². The summed E-state index contributed by atoms with van der Waals surface area (Å²) in [4.78, 5) is 2.24. The second-order valence-corrected chi connectivity index (χ2v) is 14.5. The molecule has 0 aliphatic carbocycles. The number of benzene rings is 2. The molecule has 2 aromatic rings. The fraction of sp³-hybridized carbons (Fsp3) is 0.684. The predicted octanol–water partition coefficient (Wildman–Crippen LogP) is 9.73. The van der Waals surface area contributed by atoms with Crippen LogP contribution in [0.25, 0.3) is 0 Å². The van der Waals surface area contributed by atoms with Crippen molar-refractivity contribution >= 4 is 18.6 Å². The summed E-state index contributed by atoms with van der Waals surface area (Å²) < 4.78 is 45.2. The molecule has 0 amide bonds. The molecule has 2 atom stereocenters. The summed E-state index contributed by atoms with van der Waals surface area (Å²) in [5.74, 6) is 0.881. The van der Waals surface area contributed by atoms with Gasteiger partial charge >= 0.3 is 7.60 Å². The van der Waals surface area contributed by atoms with Crippen molar-refractivity contribution in [1.82, 2.24) is 0 Å². The Kier molecular flexibility index (Phi) is 19.6. The molecule has 0 aromatic heterocycles. The smallest absolute Gasteiger partial charge is 0.362 e. The van der Waals surface area contributed by atoms with Crippen LogP contribution in [0.15, 0.2) is 54.6 Å². The minimum Gasteiger partial charge on any atom is -0.494 e. The summed E-state index contributed by atoms with van der Waals surface area (Å²) in [6, 6.07) is 17.5. The van der Waals surface area contributed by atoms with Crippen LogP contribution in [0.4, 0.5) is 5.69 Å². The zero-order chi connectivity index (χ0) is 32.7. The van der Waals surface area contributed by atoms with Gasteiger partial charge < -0.3 is 19.1 Å². The van der Waals surface area contributed by atoms with Gasteiger partial charge in [-0.05, 0) is 55.7 Å². The van der Waals surface area contributed by atoms with E-state index in [4.69, 9.17) is 23.3 Å². The molecule has 2 unspecified atom stereocenters. The van der Waals surface area contributed by atoms with Crippen LogP contribution in [0.1, 0.15) is 111 Å². The Morgan fingerprint density at radius 2 is 1.13 bits per heavy atom. The molecule has 1 heterocycles. The lowest BCUT2D eigenvalue weighted by Gasteiger charge is -2.38. The molecule has 2 aromatic carbocycles. The molecule has 1 aliphatic heterocycles. The maximum atomic E-state index is 14.4. The Morgan fingerprint density at radius 3 is 1.65 bits per heavy atom. The normalized spacial score (nSPS) is 20.4. The average Bonchev–Trinajstić information content (AvgIpc) is 3.07. The molecule has 1 saturated heterocycles. The third-order valence-electron chi connectivity index (χ3n) is 8.36. The van der Waals surface area contributed by atoms with E-state index in [2.05, 4.69) is 37.8 Å². The Balaban J connectivity index is 1.61. The van der Waals surface area contributed by atoms with Gasteiger partial charge in [0.05, 0.1) is 25.1 Å². The molecule has 7 nitrogen and oxygen atoms in total. The van der Waals surface area contributed by atoms with Gasteiger partial charge in [-0.15, -0.1) is 0 Å². The van der Waals surface area contributed by atoms with Gasteiger partial charge in [-0.3, -0.25) is 13.6 Å². The van der Waals surface area contributed by atoms with E-state index in [0.29, 0.717) is 44.8 Å². The summed E-state index contributed by atoms with van der Waals surface area (Å²) in [6.07, 6.45) is 16.3. The lowest BCUT2D eigenvalue weighted by atomic mass is 10.1. The summed E-state index contributed by atoms with van der Waals surface area (Å²) in [5.41, 5.74) is 1.03. The fourth-order valence-electron chi connectivity index (χ4n) is 5.61. The highest BCUT2D eigenvalue weighted by molar-refractivity contribution is 7.62. The van der Waals surface area contributed by atoms with E-state index in [1.165, 1.54) is 57.8 Å². The molecule has 46 heavy (non-hydrogen) atoms. The van der Waals surface area contributed by atoms with E-state index in [-0.39, 0.29) is 0 Å². The summed E-state index contributed by atoms with van der Waals surface area (Å²) in [6.45, 7) is 10.3. The molecule has 8 heteroatoms. The summed E-state index contributed by atoms with van der Waals surface area (Å²) >= 11 is 0. The van der Waals surface area contributed by atoms with Crippen LogP contribution in [-0.4, -0.2) is 58.3 Å². The van der Waals surface area contributed by atoms with Crippen molar-refractivity contribution in [2.45, 2.75) is 123 Å². The first-order chi connectivity index (χ1) is 22.6. The van der Waals surface area contributed by atoms with Crippen molar-refractivity contribution in [2.75, 3.05) is 51.0 Å². The highest BCUT2D eigenvalue weighted by Gasteiger charge is 2.38. The van der Waals surface area contributed by atoms with Crippen LogP contribution in [0.5, 0.6) is 5.75 Å². The average molecular weight is 660 g/mol. The van der Waals surface area contributed by atoms with Crippen molar-refractivity contribution in [3.05, 3.63) is 54.6 Å². The van der Waals surface area contributed by atoms with Gasteiger partial charge in [-0.2, -0.15) is 0 Å². The number of nitrogens with zero attached hydrogens (tertiary/aromatic N) is 1. The molecule has 3 rings (SSSR count). The van der Waals surface area contributed by atoms with Crippen LogP contribution in [-0.2, 0) is 23.1 Å². The van der Waals surface area contributed by atoms with Gasteiger partial charge in [0.2, 0.25) is 0 Å². The van der Waals surface area contributed by atoms with E-state index < -0.39 is 19.8 Å². The molecular formula is C38H62NO6P. The molecule has 260 valence electrons. The number of rotatable bonds is 24. The number of anilines is 1. The van der Waals surface area contributed by atoms with Gasteiger partial charge in [-0.1, -0.05) is 110 Å². The fourth-order valence-corrected chi connectivity index (χ4v) is 7.49. The van der Waals surface area contributed by atoms with Crippen LogP contribution in [0.2, 0.25) is 0 Å². The highest BCUT2D eigenvalue weighted by atomic mass is 31.2.